The van der Waals surface area contributed by atoms with Crippen LogP contribution in [-0.2, 0) is 0 Å². The number of fused-ring (bicyclic) bond motifs is 4. The molecule has 0 aromatic rings. The van der Waals surface area contributed by atoms with Gasteiger partial charge in [-0.05, 0) is 111 Å². The summed E-state index contributed by atoms with van der Waals surface area (Å²) < 4.78 is 0. The van der Waals surface area contributed by atoms with Crippen LogP contribution in [0.25, 0.3) is 0 Å². The zero-order chi connectivity index (χ0) is 15.7. The Morgan fingerprint density at radius 1 is 0.957 bits per heavy atom. The zero-order valence-corrected chi connectivity index (χ0v) is 14.6. The minimum absolute atomic E-state index is 0.0122. The van der Waals surface area contributed by atoms with Crippen molar-refractivity contribution >= 4 is 0 Å². The zero-order valence-electron chi connectivity index (χ0n) is 14.6. The van der Waals surface area contributed by atoms with Gasteiger partial charge in [-0.2, -0.15) is 0 Å². The van der Waals surface area contributed by atoms with E-state index in [9.17, 15) is 5.11 Å². The summed E-state index contributed by atoms with van der Waals surface area (Å²) in [5.41, 5.74) is 4.58. The van der Waals surface area contributed by atoms with Crippen molar-refractivity contribution in [3.63, 3.8) is 0 Å². The molecule has 8 atom stereocenters. The number of aliphatic hydroxyl groups excluding tert-OH is 1. The highest BCUT2D eigenvalue weighted by molar-refractivity contribution is 5.19. The van der Waals surface area contributed by atoms with Crippen LogP contribution < -0.4 is 0 Å². The second-order valence-electron chi connectivity index (χ2n) is 9.76. The highest BCUT2D eigenvalue weighted by Crippen LogP contribution is 2.68. The molecule has 4 fully saturated rings. The van der Waals surface area contributed by atoms with Crippen LogP contribution in [0.15, 0.2) is 17.9 Å². The van der Waals surface area contributed by atoms with Gasteiger partial charge in [0.15, 0.2) is 0 Å². The summed E-state index contributed by atoms with van der Waals surface area (Å²) in [6, 6.07) is 0. The van der Waals surface area contributed by atoms with E-state index in [1.165, 1.54) is 51.4 Å². The lowest BCUT2D eigenvalue weighted by Gasteiger charge is -2.61. The lowest BCUT2D eigenvalue weighted by molar-refractivity contribution is -0.120. The maximum atomic E-state index is 10.1. The van der Waals surface area contributed by atoms with Crippen LogP contribution in [0.2, 0.25) is 0 Å². The smallest absolute Gasteiger partial charge is 0.0543 e. The molecule has 0 radical (unpaired) electrons. The first kappa shape index (κ1) is 14.8. The van der Waals surface area contributed by atoms with Gasteiger partial charge in [0.05, 0.1) is 6.10 Å². The van der Waals surface area contributed by atoms with E-state index >= 15 is 0 Å². The molecule has 0 heterocycles. The van der Waals surface area contributed by atoms with Gasteiger partial charge < -0.3 is 5.11 Å². The van der Waals surface area contributed by atoms with Gasteiger partial charge in [-0.15, -0.1) is 5.73 Å². The minimum Gasteiger partial charge on any atom is -0.393 e. The van der Waals surface area contributed by atoms with E-state index in [0.717, 1.165) is 42.4 Å². The number of rotatable bonds is 0. The standard InChI is InChI=1S/C22H32O/c1-21-12-9-17(23)14-16(21)5-7-18-19(21)10-13-22-11-3-2-4-15(22)6-8-20(18)22/h2,11,15-20,23H,4-10,12-14H2,1H3/t15-,16-,17+,18+,19-,20-,21-,22-/m0/s1. The Kier molecular flexibility index (Phi) is 3.21. The van der Waals surface area contributed by atoms with Crippen molar-refractivity contribution in [1.29, 1.82) is 0 Å². The quantitative estimate of drug-likeness (QED) is 0.617. The summed E-state index contributed by atoms with van der Waals surface area (Å²) in [7, 11) is 0. The van der Waals surface area contributed by atoms with E-state index in [-0.39, 0.29) is 6.10 Å². The maximum Gasteiger partial charge on any atom is 0.0543 e. The van der Waals surface area contributed by atoms with Gasteiger partial charge in [-0.25, -0.2) is 0 Å². The average molecular weight is 312 g/mol. The van der Waals surface area contributed by atoms with Crippen molar-refractivity contribution in [2.75, 3.05) is 0 Å². The Hall–Kier alpha value is -0.520. The van der Waals surface area contributed by atoms with E-state index in [4.69, 9.17) is 0 Å². The van der Waals surface area contributed by atoms with Gasteiger partial charge >= 0.3 is 0 Å². The molecule has 1 nitrogen and oxygen atoms in total. The summed E-state index contributed by atoms with van der Waals surface area (Å²) in [6.45, 7) is 2.60. The lowest BCUT2D eigenvalue weighted by Crippen LogP contribution is -2.54. The summed E-state index contributed by atoms with van der Waals surface area (Å²) in [6.07, 6.45) is 18.1. The summed E-state index contributed by atoms with van der Waals surface area (Å²) >= 11 is 0. The molecule has 4 saturated carbocycles. The molecule has 126 valence electrons. The molecule has 0 aliphatic heterocycles. The van der Waals surface area contributed by atoms with Crippen LogP contribution in [0.3, 0.4) is 0 Å². The van der Waals surface area contributed by atoms with E-state index in [1.54, 1.807) is 0 Å². The average Bonchev–Trinajstić information content (AvgIpc) is 2.95. The van der Waals surface area contributed by atoms with E-state index in [1.807, 2.05) is 0 Å². The fourth-order valence-corrected chi connectivity index (χ4v) is 8.13. The highest BCUT2D eigenvalue weighted by Gasteiger charge is 2.60. The second kappa shape index (κ2) is 4.99. The Labute approximate surface area is 141 Å². The van der Waals surface area contributed by atoms with Crippen LogP contribution in [0.4, 0.5) is 0 Å². The van der Waals surface area contributed by atoms with Crippen LogP contribution in [-0.4, -0.2) is 11.2 Å². The maximum absolute atomic E-state index is 10.1. The molecule has 5 aliphatic carbocycles. The number of hydrogen-bond acceptors (Lipinski definition) is 1. The number of hydrogen-bond donors (Lipinski definition) is 1. The Balaban J connectivity index is 1.48. The van der Waals surface area contributed by atoms with Gasteiger partial charge in [-0.1, -0.05) is 6.92 Å². The molecule has 0 unspecified atom stereocenters. The van der Waals surface area contributed by atoms with Crippen LogP contribution in [0.5, 0.6) is 0 Å². The molecular formula is C22H32O. The molecule has 0 aromatic carbocycles. The van der Waals surface area contributed by atoms with Gasteiger partial charge in [-0.3, -0.25) is 0 Å². The van der Waals surface area contributed by atoms with Crippen molar-refractivity contribution in [3.05, 3.63) is 17.9 Å². The summed E-state index contributed by atoms with van der Waals surface area (Å²) in [4.78, 5) is 0. The monoisotopic (exact) mass is 312 g/mol. The molecule has 23 heavy (non-hydrogen) atoms. The molecule has 0 aromatic heterocycles. The van der Waals surface area contributed by atoms with E-state index in [0.29, 0.717) is 10.8 Å². The van der Waals surface area contributed by atoms with Crippen molar-refractivity contribution in [2.24, 2.45) is 40.4 Å². The fourth-order valence-electron chi connectivity index (χ4n) is 8.13. The van der Waals surface area contributed by atoms with Gasteiger partial charge in [0.25, 0.3) is 0 Å². The topological polar surface area (TPSA) is 20.2 Å². The molecule has 1 spiro atoms. The van der Waals surface area contributed by atoms with Gasteiger partial charge in [0, 0.05) is 5.41 Å². The second-order valence-corrected chi connectivity index (χ2v) is 9.76. The number of allylic oxidation sites excluding steroid dienone is 1. The predicted molar refractivity (Wildman–Crippen MR) is 92.8 cm³/mol. The fraction of sp³-hybridized carbons (Fsp3) is 0.864. The van der Waals surface area contributed by atoms with Crippen LogP contribution in [0.1, 0.15) is 71.1 Å². The molecular weight excluding hydrogens is 280 g/mol. The van der Waals surface area contributed by atoms with Crippen molar-refractivity contribution in [2.45, 2.75) is 77.2 Å². The first-order chi connectivity index (χ1) is 11.1. The van der Waals surface area contributed by atoms with Gasteiger partial charge in [0.1, 0.15) is 0 Å². The first-order valence-electron chi connectivity index (χ1n) is 10.2. The van der Waals surface area contributed by atoms with Gasteiger partial charge in [0.2, 0.25) is 0 Å². The normalized spacial score (nSPS) is 57.3. The highest BCUT2D eigenvalue weighted by atomic mass is 16.3. The predicted octanol–water partition coefficient (Wildman–Crippen LogP) is 5.10. The molecule has 0 amide bonds. The molecule has 5 rings (SSSR count). The Bertz CT molecular complexity index is 558. The molecule has 5 aliphatic rings. The minimum atomic E-state index is -0.0122. The third-order valence-electron chi connectivity index (χ3n) is 9.27. The van der Waals surface area contributed by atoms with E-state index < -0.39 is 0 Å². The van der Waals surface area contributed by atoms with Crippen molar-refractivity contribution < 1.29 is 5.11 Å². The lowest BCUT2D eigenvalue weighted by atomic mass is 9.44. The van der Waals surface area contributed by atoms with Crippen molar-refractivity contribution in [3.8, 4) is 0 Å². The first-order valence-corrected chi connectivity index (χ1v) is 10.2. The van der Waals surface area contributed by atoms with E-state index in [2.05, 4.69) is 24.8 Å². The SMILES string of the molecule is C[C@]12CC[C@@H](O)C[C@@H]1CC[C@@H]1[C@@H]2CC[C@@]23C=C=CC[C@H]2CC[C@@H]13. The molecule has 0 bridgehead atoms. The number of aliphatic hydroxyl groups is 1. The van der Waals surface area contributed by atoms with Crippen LogP contribution in [0, 0.1) is 40.4 Å². The third-order valence-corrected chi connectivity index (χ3v) is 9.27. The Morgan fingerprint density at radius 3 is 2.74 bits per heavy atom. The summed E-state index contributed by atoms with van der Waals surface area (Å²) in [5, 5.41) is 10.1. The van der Waals surface area contributed by atoms with Crippen molar-refractivity contribution in [1.82, 2.24) is 0 Å². The molecule has 1 heteroatoms. The third kappa shape index (κ3) is 1.90. The van der Waals surface area contributed by atoms with Crippen LogP contribution >= 0.6 is 0 Å². The largest absolute Gasteiger partial charge is 0.393 e. The summed E-state index contributed by atoms with van der Waals surface area (Å²) in [5.74, 6) is 4.55. The molecule has 1 N–H and O–H groups in total. The molecule has 0 saturated heterocycles. The Morgan fingerprint density at radius 2 is 1.83 bits per heavy atom.